The Morgan fingerprint density at radius 1 is 1.42 bits per heavy atom. The van der Waals surface area contributed by atoms with Crippen LogP contribution in [0.5, 0.6) is 0 Å². The summed E-state index contributed by atoms with van der Waals surface area (Å²) in [6.45, 7) is 2.84. The highest BCUT2D eigenvalue weighted by molar-refractivity contribution is 6.33. The summed E-state index contributed by atoms with van der Waals surface area (Å²) in [5.74, 6) is -0.484. The van der Waals surface area contributed by atoms with Gasteiger partial charge in [0.1, 0.15) is 0 Å². The van der Waals surface area contributed by atoms with Crippen LogP contribution in [-0.2, 0) is 15.7 Å². The van der Waals surface area contributed by atoms with Gasteiger partial charge in [0.05, 0.1) is 16.3 Å². The fourth-order valence-electron chi connectivity index (χ4n) is 1.48. The molecular formula is C12H13ClF3NO2. The number of benzene rings is 1. The van der Waals surface area contributed by atoms with E-state index in [1.54, 1.807) is 14.0 Å². The van der Waals surface area contributed by atoms with Gasteiger partial charge in [0.2, 0.25) is 0 Å². The molecule has 0 aliphatic rings. The van der Waals surface area contributed by atoms with Gasteiger partial charge in [-0.25, -0.2) is 0 Å². The Hall–Kier alpha value is -1.43. The molecule has 106 valence electrons. The van der Waals surface area contributed by atoms with E-state index in [1.807, 2.05) is 0 Å². The molecule has 0 saturated carbocycles. The predicted octanol–water partition coefficient (Wildman–Crippen LogP) is 3.70. The lowest BCUT2D eigenvalue weighted by Gasteiger charge is -2.27. The van der Waals surface area contributed by atoms with Crippen molar-refractivity contribution in [2.75, 3.05) is 11.9 Å². The topological polar surface area (TPSA) is 29.5 Å². The SMILES string of the molecule is CC(=O)OC(C)N(C)c1ccc(C(F)(F)F)cc1Cl. The Morgan fingerprint density at radius 3 is 2.42 bits per heavy atom. The third kappa shape index (κ3) is 4.02. The third-order valence-electron chi connectivity index (χ3n) is 2.54. The van der Waals surface area contributed by atoms with E-state index in [4.69, 9.17) is 16.3 Å². The molecule has 3 nitrogen and oxygen atoms in total. The van der Waals surface area contributed by atoms with Crippen molar-refractivity contribution >= 4 is 23.3 Å². The first kappa shape index (κ1) is 15.6. The van der Waals surface area contributed by atoms with Crippen LogP contribution in [0.25, 0.3) is 0 Å². The Labute approximate surface area is 113 Å². The van der Waals surface area contributed by atoms with Crippen LogP contribution in [0.3, 0.4) is 0 Å². The van der Waals surface area contributed by atoms with E-state index in [1.165, 1.54) is 17.9 Å². The molecule has 1 aromatic carbocycles. The standard InChI is InChI=1S/C12H13ClF3NO2/c1-7(19-8(2)18)17(3)11-5-4-9(6-10(11)13)12(14,15)16/h4-7H,1-3H3. The lowest BCUT2D eigenvalue weighted by atomic mass is 10.2. The number of ether oxygens (including phenoxy) is 1. The molecule has 0 N–H and O–H groups in total. The number of alkyl halides is 3. The number of carbonyl (C=O) groups excluding carboxylic acids is 1. The van der Waals surface area contributed by atoms with Crippen molar-refractivity contribution in [3.63, 3.8) is 0 Å². The molecule has 0 amide bonds. The monoisotopic (exact) mass is 295 g/mol. The van der Waals surface area contributed by atoms with Crippen molar-refractivity contribution in [3.8, 4) is 0 Å². The van der Waals surface area contributed by atoms with Crippen molar-refractivity contribution < 1.29 is 22.7 Å². The lowest BCUT2D eigenvalue weighted by Crippen LogP contribution is -2.32. The van der Waals surface area contributed by atoms with E-state index in [-0.39, 0.29) is 5.02 Å². The van der Waals surface area contributed by atoms with Gasteiger partial charge in [-0.1, -0.05) is 11.6 Å². The number of esters is 1. The molecule has 0 aliphatic carbocycles. The summed E-state index contributed by atoms with van der Waals surface area (Å²) < 4.78 is 42.4. The molecule has 0 heterocycles. The van der Waals surface area contributed by atoms with Crippen LogP contribution in [0.2, 0.25) is 5.02 Å². The van der Waals surface area contributed by atoms with Gasteiger partial charge >= 0.3 is 12.1 Å². The molecule has 0 aliphatic heterocycles. The maximum atomic E-state index is 12.5. The van der Waals surface area contributed by atoms with E-state index >= 15 is 0 Å². The molecule has 0 fully saturated rings. The average molecular weight is 296 g/mol. The van der Waals surface area contributed by atoms with Crippen LogP contribution in [0.1, 0.15) is 19.4 Å². The largest absolute Gasteiger partial charge is 0.442 e. The molecule has 1 aromatic rings. The molecule has 0 radical (unpaired) electrons. The first-order valence-corrected chi connectivity index (χ1v) is 5.77. The summed E-state index contributed by atoms with van der Waals surface area (Å²) in [4.78, 5) is 12.3. The van der Waals surface area contributed by atoms with Crippen molar-refractivity contribution in [3.05, 3.63) is 28.8 Å². The van der Waals surface area contributed by atoms with E-state index in [9.17, 15) is 18.0 Å². The van der Waals surface area contributed by atoms with Crippen LogP contribution in [0.4, 0.5) is 18.9 Å². The number of hydrogen-bond acceptors (Lipinski definition) is 3. The maximum absolute atomic E-state index is 12.5. The summed E-state index contributed by atoms with van der Waals surface area (Å²) in [6.07, 6.45) is -5.07. The summed E-state index contributed by atoms with van der Waals surface area (Å²) in [6, 6.07) is 3.01. The normalized spacial score (nSPS) is 13.0. The van der Waals surface area contributed by atoms with Crippen LogP contribution in [0.15, 0.2) is 18.2 Å². The molecule has 0 saturated heterocycles. The number of halogens is 4. The Balaban J connectivity index is 2.99. The lowest BCUT2D eigenvalue weighted by molar-refractivity contribution is -0.145. The van der Waals surface area contributed by atoms with Crippen LogP contribution >= 0.6 is 11.6 Å². The summed E-state index contributed by atoms with van der Waals surface area (Å²) in [7, 11) is 1.57. The number of anilines is 1. The quantitative estimate of drug-likeness (QED) is 0.629. The maximum Gasteiger partial charge on any atom is 0.416 e. The van der Waals surface area contributed by atoms with Gasteiger partial charge < -0.3 is 9.64 Å². The predicted molar refractivity (Wildman–Crippen MR) is 66.1 cm³/mol. The van der Waals surface area contributed by atoms with Gasteiger partial charge in [0, 0.05) is 14.0 Å². The third-order valence-corrected chi connectivity index (χ3v) is 2.84. The molecule has 1 unspecified atom stereocenters. The number of rotatable bonds is 3. The second kappa shape index (κ2) is 5.69. The molecule has 7 heteroatoms. The second-order valence-electron chi connectivity index (χ2n) is 3.98. The Kier molecular flexibility index (Phi) is 4.68. The van der Waals surface area contributed by atoms with Gasteiger partial charge in [-0.2, -0.15) is 13.2 Å². The first-order chi connectivity index (χ1) is 8.62. The van der Waals surface area contributed by atoms with Crippen molar-refractivity contribution in [2.24, 2.45) is 0 Å². The van der Waals surface area contributed by atoms with Gasteiger partial charge in [0.25, 0.3) is 0 Å². The van der Waals surface area contributed by atoms with E-state index in [0.29, 0.717) is 5.69 Å². The zero-order valence-electron chi connectivity index (χ0n) is 10.6. The van der Waals surface area contributed by atoms with Crippen molar-refractivity contribution in [1.82, 2.24) is 0 Å². The van der Waals surface area contributed by atoms with E-state index in [0.717, 1.165) is 12.1 Å². The van der Waals surface area contributed by atoms with Gasteiger partial charge in [-0.05, 0) is 25.1 Å². The fourth-order valence-corrected chi connectivity index (χ4v) is 1.80. The van der Waals surface area contributed by atoms with Crippen LogP contribution in [-0.4, -0.2) is 19.2 Å². The highest BCUT2D eigenvalue weighted by atomic mass is 35.5. The van der Waals surface area contributed by atoms with E-state index < -0.39 is 23.9 Å². The Bertz CT molecular complexity index is 477. The van der Waals surface area contributed by atoms with E-state index in [2.05, 4.69) is 0 Å². The number of hydrogen-bond donors (Lipinski definition) is 0. The minimum absolute atomic E-state index is 0.0590. The van der Waals surface area contributed by atoms with Crippen molar-refractivity contribution in [2.45, 2.75) is 26.3 Å². The van der Waals surface area contributed by atoms with Gasteiger partial charge in [-0.15, -0.1) is 0 Å². The molecule has 1 atom stereocenters. The van der Waals surface area contributed by atoms with Gasteiger partial charge in [-0.3, -0.25) is 4.79 Å². The first-order valence-electron chi connectivity index (χ1n) is 5.39. The number of nitrogens with zero attached hydrogens (tertiary/aromatic N) is 1. The van der Waals surface area contributed by atoms with Crippen LogP contribution < -0.4 is 4.90 Å². The molecule has 1 rings (SSSR count). The smallest absolute Gasteiger partial charge is 0.416 e. The average Bonchev–Trinajstić information content (AvgIpc) is 2.25. The summed E-state index contributed by atoms with van der Waals surface area (Å²) in [5, 5.41) is -0.0590. The molecular weight excluding hydrogens is 283 g/mol. The van der Waals surface area contributed by atoms with Gasteiger partial charge in [0.15, 0.2) is 6.23 Å². The minimum Gasteiger partial charge on any atom is -0.442 e. The fraction of sp³-hybridized carbons (Fsp3) is 0.417. The zero-order valence-corrected chi connectivity index (χ0v) is 11.3. The number of carbonyl (C=O) groups is 1. The summed E-state index contributed by atoms with van der Waals surface area (Å²) in [5.41, 5.74) is -0.474. The zero-order chi connectivity index (χ0) is 14.8. The molecule has 0 aromatic heterocycles. The molecule has 0 bridgehead atoms. The molecule has 0 spiro atoms. The second-order valence-corrected chi connectivity index (χ2v) is 4.39. The van der Waals surface area contributed by atoms with Crippen LogP contribution in [0, 0.1) is 0 Å². The summed E-state index contributed by atoms with van der Waals surface area (Å²) >= 11 is 5.83. The molecule has 19 heavy (non-hydrogen) atoms. The van der Waals surface area contributed by atoms with Crippen molar-refractivity contribution in [1.29, 1.82) is 0 Å². The Morgan fingerprint density at radius 2 is 2.00 bits per heavy atom. The highest BCUT2D eigenvalue weighted by Gasteiger charge is 2.31. The minimum atomic E-state index is -4.44. The highest BCUT2D eigenvalue weighted by Crippen LogP contribution is 2.35.